The molecule has 1 aliphatic carbocycles. The number of carbonyl (C=O) groups excluding carboxylic acids is 1. The zero-order chi connectivity index (χ0) is 18.1. The van der Waals surface area contributed by atoms with Crippen LogP contribution < -0.4 is 16.6 Å². The molecular weight excluding hydrogens is 320 g/mol. The molecule has 134 valence electrons. The Morgan fingerprint density at radius 1 is 1.24 bits per heavy atom. The number of fused-ring (bicyclic) bond motifs is 1. The van der Waals surface area contributed by atoms with Gasteiger partial charge in [-0.1, -0.05) is 19.3 Å². The third-order valence-corrected chi connectivity index (χ3v) is 4.89. The second-order valence-corrected chi connectivity index (χ2v) is 6.91. The molecule has 1 aliphatic rings. The highest BCUT2D eigenvalue weighted by atomic mass is 16.2. The minimum absolute atomic E-state index is 0.146. The number of hydrogen-bond acceptors (Lipinski definition) is 4. The van der Waals surface area contributed by atoms with Gasteiger partial charge in [0.1, 0.15) is 12.2 Å². The highest BCUT2D eigenvalue weighted by molar-refractivity contribution is 5.79. The lowest BCUT2D eigenvalue weighted by atomic mass is 9.95. The van der Waals surface area contributed by atoms with Crippen LogP contribution in [0.25, 0.3) is 11.0 Å². The van der Waals surface area contributed by atoms with Crippen molar-refractivity contribution in [1.29, 1.82) is 0 Å². The van der Waals surface area contributed by atoms with Gasteiger partial charge in [0.25, 0.3) is 5.56 Å². The van der Waals surface area contributed by atoms with Crippen LogP contribution in [0.15, 0.2) is 15.7 Å². The summed E-state index contributed by atoms with van der Waals surface area (Å²) in [6.07, 6.45) is 5.32. The van der Waals surface area contributed by atoms with Crippen LogP contribution in [0.5, 0.6) is 0 Å². The monoisotopic (exact) mass is 344 g/mol. The number of nitrogens with one attached hydrogen (secondary N) is 1. The molecule has 0 saturated heterocycles. The molecule has 3 rings (SSSR count). The summed E-state index contributed by atoms with van der Waals surface area (Å²) in [5.74, 6) is -0.289. The molecule has 0 unspecified atom stereocenters. The van der Waals surface area contributed by atoms with Crippen LogP contribution in [0.3, 0.4) is 0 Å². The summed E-state index contributed by atoms with van der Waals surface area (Å²) in [7, 11) is 1.57. The van der Waals surface area contributed by atoms with Gasteiger partial charge >= 0.3 is 5.69 Å². The minimum atomic E-state index is -0.520. The molecule has 1 N–H and O–H groups in total. The third kappa shape index (κ3) is 3.36. The van der Waals surface area contributed by atoms with E-state index in [1.165, 1.54) is 11.0 Å². The van der Waals surface area contributed by atoms with Crippen molar-refractivity contribution >= 4 is 16.9 Å². The summed E-state index contributed by atoms with van der Waals surface area (Å²) < 4.78 is 2.34. The van der Waals surface area contributed by atoms with Crippen molar-refractivity contribution in [3.63, 3.8) is 0 Å². The lowest BCUT2D eigenvalue weighted by Crippen LogP contribution is -2.45. The van der Waals surface area contributed by atoms with E-state index < -0.39 is 11.2 Å². The van der Waals surface area contributed by atoms with E-state index in [0.717, 1.165) is 41.5 Å². The van der Waals surface area contributed by atoms with Gasteiger partial charge in [-0.3, -0.25) is 18.7 Å². The number of pyridine rings is 1. The third-order valence-electron chi connectivity index (χ3n) is 4.89. The molecule has 7 nitrogen and oxygen atoms in total. The second-order valence-electron chi connectivity index (χ2n) is 6.91. The molecule has 0 aromatic carbocycles. The van der Waals surface area contributed by atoms with Crippen LogP contribution in [0.1, 0.15) is 43.4 Å². The van der Waals surface area contributed by atoms with Crippen LogP contribution >= 0.6 is 0 Å². The Kier molecular flexibility index (Phi) is 4.74. The van der Waals surface area contributed by atoms with Crippen LogP contribution in [-0.2, 0) is 18.4 Å². The number of aromatic nitrogens is 3. The maximum atomic E-state index is 12.8. The predicted octanol–water partition coefficient (Wildman–Crippen LogP) is 1.16. The van der Waals surface area contributed by atoms with Crippen molar-refractivity contribution in [3.05, 3.63) is 38.2 Å². The first-order valence-corrected chi connectivity index (χ1v) is 8.75. The van der Waals surface area contributed by atoms with E-state index in [1.807, 2.05) is 13.8 Å². The normalized spacial score (nSPS) is 15.5. The number of rotatable bonds is 3. The lowest BCUT2D eigenvalue weighted by Gasteiger charge is -2.23. The van der Waals surface area contributed by atoms with E-state index in [9.17, 15) is 14.4 Å². The van der Waals surface area contributed by atoms with E-state index >= 15 is 0 Å². The summed E-state index contributed by atoms with van der Waals surface area (Å²) in [5.41, 5.74) is 0.879. The number of hydrogen-bond donors (Lipinski definition) is 1. The number of aryl methyl sites for hydroxylation is 3. The number of amides is 1. The lowest BCUT2D eigenvalue weighted by molar-refractivity contribution is -0.122. The zero-order valence-corrected chi connectivity index (χ0v) is 15.0. The van der Waals surface area contributed by atoms with Crippen molar-refractivity contribution in [3.8, 4) is 0 Å². The van der Waals surface area contributed by atoms with Gasteiger partial charge in [0.05, 0.1) is 5.39 Å². The van der Waals surface area contributed by atoms with E-state index in [1.54, 1.807) is 13.1 Å². The number of carbonyl (C=O) groups is 1. The molecule has 7 heteroatoms. The molecule has 25 heavy (non-hydrogen) atoms. The van der Waals surface area contributed by atoms with Gasteiger partial charge in [0.2, 0.25) is 5.91 Å². The van der Waals surface area contributed by atoms with Gasteiger partial charge in [-0.25, -0.2) is 9.78 Å². The van der Waals surface area contributed by atoms with E-state index in [4.69, 9.17) is 0 Å². The molecule has 0 radical (unpaired) electrons. The first kappa shape index (κ1) is 17.4. The SMILES string of the molecule is Cc1cc(C)c2c(=O)n(CC(=O)NC3CCCCC3)c(=O)n(C)c2n1. The maximum absolute atomic E-state index is 12.8. The largest absolute Gasteiger partial charge is 0.352 e. The van der Waals surface area contributed by atoms with E-state index in [2.05, 4.69) is 10.3 Å². The molecule has 0 aliphatic heterocycles. The summed E-state index contributed by atoms with van der Waals surface area (Å²) >= 11 is 0. The average molecular weight is 344 g/mol. The molecular formula is C18H24N4O3. The molecule has 1 amide bonds. The van der Waals surface area contributed by atoms with Gasteiger partial charge < -0.3 is 5.32 Å². The standard InChI is InChI=1S/C18H24N4O3/c1-11-9-12(2)19-16-15(11)17(24)22(18(25)21(16)3)10-14(23)20-13-7-5-4-6-8-13/h9,13H,4-8,10H2,1-3H3,(H,20,23). The Balaban J connectivity index is 1.97. The minimum Gasteiger partial charge on any atom is -0.352 e. The van der Waals surface area contributed by atoms with Crippen LogP contribution in [0, 0.1) is 13.8 Å². The molecule has 0 spiro atoms. The van der Waals surface area contributed by atoms with Crippen LogP contribution in [-0.4, -0.2) is 26.1 Å². The van der Waals surface area contributed by atoms with Crippen molar-refractivity contribution < 1.29 is 4.79 Å². The quantitative estimate of drug-likeness (QED) is 0.905. The average Bonchev–Trinajstić information content (AvgIpc) is 2.57. The van der Waals surface area contributed by atoms with Gasteiger partial charge in [0.15, 0.2) is 0 Å². The summed E-state index contributed by atoms with van der Waals surface area (Å²) in [5, 5.41) is 3.34. The molecule has 1 saturated carbocycles. The Morgan fingerprint density at radius 2 is 1.92 bits per heavy atom. The van der Waals surface area contributed by atoms with Gasteiger partial charge in [-0.15, -0.1) is 0 Å². The topological polar surface area (TPSA) is 86.0 Å². The Morgan fingerprint density at radius 3 is 2.60 bits per heavy atom. The summed E-state index contributed by atoms with van der Waals surface area (Å²) in [4.78, 5) is 42.0. The Labute approximate surface area is 145 Å². The maximum Gasteiger partial charge on any atom is 0.332 e. The fourth-order valence-electron chi connectivity index (χ4n) is 3.62. The molecule has 2 heterocycles. The number of nitrogens with zero attached hydrogens (tertiary/aromatic N) is 3. The smallest absolute Gasteiger partial charge is 0.332 e. The Bertz CT molecular complexity index is 936. The molecule has 1 fully saturated rings. The van der Waals surface area contributed by atoms with Crippen molar-refractivity contribution in [2.24, 2.45) is 7.05 Å². The Hall–Kier alpha value is -2.44. The second kappa shape index (κ2) is 6.82. The first-order valence-electron chi connectivity index (χ1n) is 8.75. The molecule has 0 bridgehead atoms. The zero-order valence-electron chi connectivity index (χ0n) is 15.0. The predicted molar refractivity (Wildman–Crippen MR) is 95.7 cm³/mol. The highest BCUT2D eigenvalue weighted by Gasteiger charge is 2.19. The van der Waals surface area contributed by atoms with Gasteiger partial charge in [0, 0.05) is 18.8 Å². The van der Waals surface area contributed by atoms with Crippen molar-refractivity contribution in [2.45, 2.75) is 58.5 Å². The molecule has 2 aromatic rings. The summed E-state index contributed by atoms with van der Waals surface area (Å²) in [6.45, 7) is 3.38. The molecule has 2 aromatic heterocycles. The van der Waals surface area contributed by atoms with Gasteiger partial charge in [-0.05, 0) is 38.3 Å². The summed E-state index contributed by atoms with van der Waals surface area (Å²) in [6, 6.07) is 1.95. The van der Waals surface area contributed by atoms with Crippen LogP contribution in [0.2, 0.25) is 0 Å². The van der Waals surface area contributed by atoms with E-state index in [-0.39, 0.29) is 18.5 Å². The van der Waals surface area contributed by atoms with E-state index in [0.29, 0.717) is 11.0 Å². The van der Waals surface area contributed by atoms with Gasteiger partial charge in [-0.2, -0.15) is 0 Å². The fraction of sp³-hybridized carbons (Fsp3) is 0.556. The van der Waals surface area contributed by atoms with Crippen molar-refractivity contribution in [2.75, 3.05) is 0 Å². The fourth-order valence-corrected chi connectivity index (χ4v) is 3.62. The van der Waals surface area contributed by atoms with Crippen molar-refractivity contribution in [1.82, 2.24) is 19.4 Å². The molecule has 0 atom stereocenters. The van der Waals surface area contributed by atoms with Crippen LogP contribution in [0.4, 0.5) is 0 Å². The first-order chi connectivity index (χ1) is 11.9. The highest BCUT2D eigenvalue weighted by Crippen LogP contribution is 2.17.